The van der Waals surface area contributed by atoms with Gasteiger partial charge in [-0.3, -0.25) is 0 Å². The molecule has 1 heterocycles. The van der Waals surface area contributed by atoms with E-state index >= 15 is 0 Å². The summed E-state index contributed by atoms with van der Waals surface area (Å²) in [4.78, 5) is 0. The average molecular weight is 373 g/mol. The Bertz CT molecular complexity index is 476. The highest BCUT2D eigenvalue weighted by Gasteiger charge is 2.09. The monoisotopic (exact) mass is 371 g/mol. The zero-order valence-electron chi connectivity index (χ0n) is 10.1. The van der Waals surface area contributed by atoms with Crippen molar-refractivity contribution in [2.24, 2.45) is 0 Å². The number of halogens is 2. The Balaban J connectivity index is 1.92. The van der Waals surface area contributed by atoms with E-state index in [1.807, 2.05) is 30.3 Å². The summed E-state index contributed by atoms with van der Waals surface area (Å²) in [6.07, 6.45) is 3.70. The molecule has 0 bridgehead atoms. The van der Waals surface area contributed by atoms with Gasteiger partial charge < -0.3 is 9.73 Å². The molecule has 0 aliphatic heterocycles. The zero-order chi connectivity index (χ0) is 13.0. The van der Waals surface area contributed by atoms with Gasteiger partial charge in [0.1, 0.15) is 5.76 Å². The lowest BCUT2D eigenvalue weighted by Crippen LogP contribution is -2.16. The first-order valence-corrected chi connectivity index (χ1v) is 7.48. The van der Waals surface area contributed by atoms with Crippen molar-refractivity contribution in [3.8, 4) is 0 Å². The SMILES string of the molecule is CC(CCc1ccco1)Nc1c(Br)cccc1Br. The lowest BCUT2D eigenvalue weighted by molar-refractivity contribution is 0.495. The minimum absolute atomic E-state index is 0.380. The van der Waals surface area contributed by atoms with Crippen LogP contribution in [0.3, 0.4) is 0 Å². The molecule has 2 rings (SSSR count). The summed E-state index contributed by atoms with van der Waals surface area (Å²) in [5.41, 5.74) is 1.10. The first-order chi connectivity index (χ1) is 8.66. The van der Waals surface area contributed by atoms with Gasteiger partial charge >= 0.3 is 0 Å². The molecule has 96 valence electrons. The van der Waals surface area contributed by atoms with E-state index in [1.54, 1.807) is 6.26 Å². The second kappa shape index (κ2) is 6.43. The summed E-state index contributed by atoms with van der Waals surface area (Å²) in [5, 5.41) is 3.51. The predicted molar refractivity (Wildman–Crippen MR) is 82.0 cm³/mol. The van der Waals surface area contributed by atoms with Crippen LogP contribution in [0.2, 0.25) is 0 Å². The van der Waals surface area contributed by atoms with E-state index in [0.29, 0.717) is 6.04 Å². The van der Waals surface area contributed by atoms with Gasteiger partial charge in [0.15, 0.2) is 0 Å². The average Bonchev–Trinajstić information content (AvgIpc) is 2.84. The van der Waals surface area contributed by atoms with Crippen molar-refractivity contribution in [3.63, 3.8) is 0 Å². The molecule has 0 fully saturated rings. The minimum atomic E-state index is 0.380. The maximum atomic E-state index is 5.34. The van der Waals surface area contributed by atoms with Gasteiger partial charge in [0.25, 0.3) is 0 Å². The number of nitrogens with one attached hydrogen (secondary N) is 1. The lowest BCUT2D eigenvalue weighted by Gasteiger charge is -2.17. The molecule has 0 aliphatic carbocycles. The molecule has 0 saturated carbocycles. The quantitative estimate of drug-likeness (QED) is 0.776. The van der Waals surface area contributed by atoms with Crippen LogP contribution in [-0.4, -0.2) is 6.04 Å². The fourth-order valence-electron chi connectivity index (χ4n) is 1.77. The van der Waals surface area contributed by atoms with Gasteiger partial charge in [-0.1, -0.05) is 6.07 Å². The van der Waals surface area contributed by atoms with Crippen LogP contribution in [0.15, 0.2) is 50.0 Å². The van der Waals surface area contributed by atoms with Gasteiger partial charge in [-0.05, 0) is 69.5 Å². The second-order valence-electron chi connectivity index (χ2n) is 4.26. The van der Waals surface area contributed by atoms with Gasteiger partial charge in [0.05, 0.1) is 12.0 Å². The van der Waals surface area contributed by atoms with Gasteiger partial charge in [-0.15, -0.1) is 0 Å². The molecule has 0 spiro atoms. The molecule has 18 heavy (non-hydrogen) atoms. The first-order valence-electron chi connectivity index (χ1n) is 5.89. The molecule has 0 radical (unpaired) electrons. The van der Waals surface area contributed by atoms with E-state index in [-0.39, 0.29) is 0 Å². The van der Waals surface area contributed by atoms with Crippen molar-refractivity contribution in [3.05, 3.63) is 51.3 Å². The zero-order valence-corrected chi connectivity index (χ0v) is 13.3. The van der Waals surface area contributed by atoms with Crippen LogP contribution in [-0.2, 0) is 6.42 Å². The smallest absolute Gasteiger partial charge is 0.103 e. The van der Waals surface area contributed by atoms with Crippen LogP contribution in [0, 0.1) is 0 Å². The number of furan rings is 1. The fourth-order valence-corrected chi connectivity index (χ4v) is 3.00. The number of hydrogen-bond donors (Lipinski definition) is 1. The van der Waals surface area contributed by atoms with E-state index in [0.717, 1.165) is 33.2 Å². The summed E-state index contributed by atoms with van der Waals surface area (Å²) >= 11 is 7.11. The van der Waals surface area contributed by atoms with E-state index in [2.05, 4.69) is 44.1 Å². The molecule has 1 N–H and O–H groups in total. The van der Waals surface area contributed by atoms with E-state index in [4.69, 9.17) is 4.42 Å². The number of rotatable bonds is 5. The summed E-state index contributed by atoms with van der Waals surface area (Å²) in [6, 6.07) is 10.4. The van der Waals surface area contributed by atoms with Gasteiger partial charge in [0.2, 0.25) is 0 Å². The maximum absolute atomic E-state index is 5.34. The minimum Gasteiger partial charge on any atom is -0.469 e. The Morgan fingerprint density at radius 1 is 1.17 bits per heavy atom. The highest BCUT2D eigenvalue weighted by Crippen LogP contribution is 2.31. The number of para-hydroxylation sites is 1. The summed E-state index contributed by atoms with van der Waals surface area (Å²) in [7, 11) is 0. The van der Waals surface area contributed by atoms with Crippen molar-refractivity contribution < 1.29 is 4.42 Å². The van der Waals surface area contributed by atoms with Gasteiger partial charge in [-0.2, -0.15) is 0 Å². The topological polar surface area (TPSA) is 25.2 Å². The van der Waals surface area contributed by atoms with Crippen LogP contribution in [0.25, 0.3) is 0 Å². The Hall–Kier alpha value is -0.740. The molecule has 1 aromatic heterocycles. The predicted octanol–water partition coefficient (Wildman–Crippen LogP) is 5.24. The van der Waals surface area contributed by atoms with Crippen molar-refractivity contribution >= 4 is 37.5 Å². The molecule has 1 atom stereocenters. The summed E-state index contributed by atoms with van der Waals surface area (Å²) < 4.78 is 7.48. The van der Waals surface area contributed by atoms with Crippen molar-refractivity contribution in [2.45, 2.75) is 25.8 Å². The molecule has 0 aliphatic rings. The number of benzene rings is 1. The fraction of sp³-hybridized carbons (Fsp3) is 0.286. The van der Waals surface area contributed by atoms with E-state index in [9.17, 15) is 0 Å². The van der Waals surface area contributed by atoms with Crippen LogP contribution >= 0.6 is 31.9 Å². The highest BCUT2D eigenvalue weighted by molar-refractivity contribution is 9.11. The molecule has 4 heteroatoms. The molecule has 1 unspecified atom stereocenters. The largest absolute Gasteiger partial charge is 0.469 e. The maximum Gasteiger partial charge on any atom is 0.103 e. The molecule has 1 aromatic carbocycles. The van der Waals surface area contributed by atoms with Gasteiger partial charge in [0, 0.05) is 21.4 Å². The number of aryl methyl sites for hydroxylation is 1. The third-order valence-corrected chi connectivity index (χ3v) is 4.08. The Morgan fingerprint density at radius 3 is 2.50 bits per heavy atom. The lowest BCUT2D eigenvalue weighted by atomic mass is 10.1. The summed E-state index contributed by atoms with van der Waals surface area (Å²) in [6.45, 7) is 2.18. The highest BCUT2D eigenvalue weighted by atomic mass is 79.9. The number of anilines is 1. The van der Waals surface area contributed by atoms with E-state index in [1.165, 1.54) is 0 Å². The molecular weight excluding hydrogens is 358 g/mol. The Kier molecular flexibility index (Phi) is 4.89. The van der Waals surface area contributed by atoms with Gasteiger partial charge in [-0.25, -0.2) is 0 Å². The van der Waals surface area contributed by atoms with Crippen LogP contribution < -0.4 is 5.32 Å². The molecule has 0 amide bonds. The number of hydrogen-bond acceptors (Lipinski definition) is 2. The molecule has 2 aromatic rings. The van der Waals surface area contributed by atoms with Crippen molar-refractivity contribution in [2.75, 3.05) is 5.32 Å². The van der Waals surface area contributed by atoms with Crippen LogP contribution in [0.5, 0.6) is 0 Å². The Labute approximate surface area is 124 Å². The van der Waals surface area contributed by atoms with Crippen molar-refractivity contribution in [1.82, 2.24) is 0 Å². The molecular formula is C14H15Br2NO. The standard InChI is InChI=1S/C14H15Br2NO/c1-10(7-8-11-4-3-9-18-11)17-14-12(15)5-2-6-13(14)16/h2-6,9-10,17H,7-8H2,1H3. The van der Waals surface area contributed by atoms with Crippen molar-refractivity contribution in [1.29, 1.82) is 0 Å². The van der Waals surface area contributed by atoms with E-state index < -0.39 is 0 Å². The molecule has 0 saturated heterocycles. The van der Waals surface area contributed by atoms with Crippen LogP contribution in [0.4, 0.5) is 5.69 Å². The normalized spacial score (nSPS) is 12.4. The Morgan fingerprint density at radius 2 is 1.89 bits per heavy atom. The third kappa shape index (κ3) is 3.62. The third-order valence-electron chi connectivity index (χ3n) is 2.76. The molecule has 2 nitrogen and oxygen atoms in total. The second-order valence-corrected chi connectivity index (χ2v) is 5.97. The summed E-state index contributed by atoms with van der Waals surface area (Å²) in [5.74, 6) is 1.04. The van der Waals surface area contributed by atoms with Crippen LogP contribution in [0.1, 0.15) is 19.1 Å². The first kappa shape index (κ1) is 13.7.